The fourth-order valence-corrected chi connectivity index (χ4v) is 3.73. The van der Waals surface area contributed by atoms with Crippen molar-refractivity contribution in [3.8, 4) is 16.9 Å². The highest BCUT2D eigenvalue weighted by atomic mass is 32.2. The van der Waals surface area contributed by atoms with Gasteiger partial charge in [-0.3, -0.25) is 20.4 Å². The Bertz CT molecular complexity index is 1210. The van der Waals surface area contributed by atoms with Crippen LogP contribution in [0.3, 0.4) is 0 Å². The van der Waals surface area contributed by atoms with Crippen LogP contribution < -0.4 is 15.6 Å². The van der Waals surface area contributed by atoms with Crippen LogP contribution in [0, 0.1) is 0 Å². The van der Waals surface area contributed by atoms with Crippen LogP contribution in [0.25, 0.3) is 22.0 Å². The summed E-state index contributed by atoms with van der Waals surface area (Å²) in [5.74, 6) is 0.0179. The van der Waals surface area contributed by atoms with Gasteiger partial charge >= 0.3 is 5.91 Å². The quantitative estimate of drug-likeness (QED) is 0.352. The van der Waals surface area contributed by atoms with Gasteiger partial charge in [0.2, 0.25) is 5.91 Å². The van der Waals surface area contributed by atoms with E-state index in [1.807, 2.05) is 54.6 Å². The average molecular weight is 433 g/mol. The van der Waals surface area contributed by atoms with E-state index in [0.717, 1.165) is 22.0 Å². The van der Waals surface area contributed by atoms with Gasteiger partial charge < -0.3 is 9.15 Å². The van der Waals surface area contributed by atoms with Crippen molar-refractivity contribution in [2.24, 2.45) is 0 Å². The molecule has 0 radical (unpaired) electrons. The first-order chi connectivity index (χ1) is 15.1. The Kier molecular flexibility index (Phi) is 6.18. The maximum atomic E-state index is 12.2. The van der Waals surface area contributed by atoms with E-state index in [4.69, 9.17) is 9.15 Å². The summed E-state index contributed by atoms with van der Waals surface area (Å²) in [4.78, 5) is 28.7. The Balaban J connectivity index is 1.51. The molecule has 0 aliphatic rings. The van der Waals surface area contributed by atoms with E-state index in [9.17, 15) is 9.59 Å². The van der Waals surface area contributed by atoms with Crippen LogP contribution in [0.5, 0.6) is 5.75 Å². The van der Waals surface area contributed by atoms with Gasteiger partial charge in [0.1, 0.15) is 5.75 Å². The molecule has 2 aromatic heterocycles. The summed E-state index contributed by atoms with van der Waals surface area (Å²) < 4.78 is 10.3. The zero-order valence-electron chi connectivity index (χ0n) is 16.6. The predicted octanol–water partition coefficient (Wildman–Crippen LogP) is 4.06. The molecule has 0 fully saturated rings. The van der Waals surface area contributed by atoms with Gasteiger partial charge in [-0.25, -0.2) is 4.98 Å². The summed E-state index contributed by atoms with van der Waals surface area (Å²) >= 11 is 1.28. The minimum absolute atomic E-state index is 0.0785. The maximum Gasteiger partial charge on any atom is 0.305 e. The van der Waals surface area contributed by atoms with Crippen LogP contribution in [0.2, 0.25) is 0 Å². The van der Waals surface area contributed by atoms with E-state index in [2.05, 4.69) is 15.8 Å². The molecule has 2 aromatic carbocycles. The fraction of sp³-hybridized carbons (Fsp3) is 0.0870. The zero-order valence-corrected chi connectivity index (χ0v) is 17.4. The van der Waals surface area contributed by atoms with Gasteiger partial charge in [-0.2, -0.15) is 0 Å². The normalized spacial score (nSPS) is 10.6. The number of fused-ring (bicyclic) bond motifs is 1. The van der Waals surface area contributed by atoms with Crippen LogP contribution in [-0.2, 0) is 4.79 Å². The molecule has 156 valence electrons. The van der Waals surface area contributed by atoms with E-state index in [1.165, 1.54) is 24.1 Å². The van der Waals surface area contributed by atoms with E-state index in [1.54, 1.807) is 13.2 Å². The lowest BCUT2D eigenvalue weighted by Crippen LogP contribution is -2.42. The summed E-state index contributed by atoms with van der Waals surface area (Å²) in [6, 6.07) is 20.8. The summed E-state index contributed by atoms with van der Waals surface area (Å²) in [5.41, 5.74) is 7.54. The molecule has 0 aliphatic carbocycles. The van der Waals surface area contributed by atoms with Gasteiger partial charge in [0.25, 0.3) is 0 Å². The second-order valence-electron chi connectivity index (χ2n) is 6.53. The lowest BCUT2D eigenvalue weighted by molar-refractivity contribution is -0.119. The highest BCUT2D eigenvalue weighted by Crippen LogP contribution is 2.33. The van der Waals surface area contributed by atoms with Crippen LogP contribution in [-0.4, -0.2) is 29.7 Å². The number of amides is 2. The molecule has 4 rings (SSSR count). The SMILES string of the molecule is COc1ccc2c(-c3ccccc3)cc(SCC(=O)NNC(=O)c3ccco3)nc2c1. The molecule has 0 atom stereocenters. The number of benzene rings is 2. The molecule has 4 aromatic rings. The highest BCUT2D eigenvalue weighted by Gasteiger charge is 2.13. The summed E-state index contributed by atoms with van der Waals surface area (Å²) in [6.07, 6.45) is 1.39. The van der Waals surface area contributed by atoms with E-state index < -0.39 is 5.91 Å². The van der Waals surface area contributed by atoms with Gasteiger partial charge in [-0.15, -0.1) is 0 Å². The number of furan rings is 1. The predicted molar refractivity (Wildman–Crippen MR) is 119 cm³/mol. The van der Waals surface area contributed by atoms with Crippen molar-refractivity contribution in [2.75, 3.05) is 12.9 Å². The molecule has 7 nitrogen and oxygen atoms in total. The average Bonchev–Trinajstić information content (AvgIpc) is 3.36. The van der Waals surface area contributed by atoms with Crippen molar-refractivity contribution in [1.29, 1.82) is 0 Å². The Morgan fingerprint density at radius 2 is 1.87 bits per heavy atom. The molecule has 0 spiro atoms. The van der Waals surface area contributed by atoms with Crippen molar-refractivity contribution in [3.63, 3.8) is 0 Å². The van der Waals surface area contributed by atoms with Crippen molar-refractivity contribution in [2.45, 2.75) is 5.03 Å². The standard InChI is InChI=1S/C23H19N3O4S/c1-29-16-9-10-17-18(15-6-3-2-4-7-15)13-22(24-19(17)12-16)31-14-21(27)25-26-23(28)20-8-5-11-30-20/h2-13H,14H2,1H3,(H,25,27)(H,26,28). The molecule has 0 saturated heterocycles. The van der Waals surface area contributed by atoms with Crippen LogP contribution >= 0.6 is 11.8 Å². The van der Waals surface area contributed by atoms with Crippen LogP contribution in [0.4, 0.5) is 0 Å². The molecule has 31 heavy (non-hydrogen) atoms. The number of hydrazine groups is 1. The highest BCUT2D eigenvalue weighted by molar-refractivity contribution is 7.99. The molecule has 2 amide bonds. The van der Waals surface area contributed by atoms with Crippen LogP contribution in [0.15, 0.2) is 82.4 Å². The van der Waals surface area contributed by atoms with E-state index in [0.29, 0.717) is 10.8 Å². The third-order valence-corrected chi connectivity index (χ3v) is 5.40. The Morgan fingerprint density at radius 1 is 1.03 bits per heavy atom. The van der Waals surface area contributed by atoms with Gasteiger partial charge in [0, 0.05) is 11.5 Å². The number of aromatic nitrogens is 1. The number of thioether (sulfide) groups is 1. The first-order valence-electron chi connectivity index (χ1n) is 9.44. The summed E-state index contributed by atoms with van der Waals surface area (Å²) in [6.45, 7) is 0. The molecule has 0 saturated carbocycles. The van der Waals surface area contributed by atoms with Gasteiger partial charge in [0.15, 0.2) is 5.76 Å². The maximum absolute atomic E-state index is 12.2. The number of hydrogen-bond acceptors (Lipinski definition) is 6. The lowest BCUT2D eigenvalue weighted by Gasteiger charge is -2.11. The Labute approximate surface area is 182 Å². The van der Waals surface area contributed by atoms with E-state index >= 15 is 0 Å². The number of rotatable bonds is 6. The summed E-state index contributed by atoms with van der Waals surface area (Å²) in [7, 11) is 1.61. The molecule has 2 N–H and O–H groups in total. The molecule has 2 heterocycles. The van der Waals surface area contributed by atoms with Crippen molar-refractivity contribution in [3.05, 3.63) is 78.8 Å². The third kappa shape index (κ3) is 4.87. The first kappa shape index (κ1) is 20.5. The number of methoxy groups -OCH3 is 1. The lowest BCUT2D eigenvalue weighted by atomic mass is 10.0. The number of nitrogens with zero attached hydrogens (tertiary/aromatic N) is 1. The van der Waals surface area contributed by atoms with Gasteiger partial charge in [-0.05, 0) is 41.5 Å². The fourth-order valence-electron chi connectivity index (χ4n) is 3.01. The number of hydrogen-bond donors (Lipinski definition) is 2. The molecular formula is C23H19N3O4S. The second-order valence-corrected chi connectivity index (χ2v) is 7.52. The van der Waals surface area contributed by atoms with Gasteiger partial charge in [0.05, 0.1) is 29.7 Å². The minimum Gasteiger partial charge on any atom is -0.497 e. The van der Waals surface area contributed by atoms with Crippen molar-refractivity contribution in [1.82, 2.24) is 15.8 Å². The zero-order chi connectivity index (χ0) is 21.6. The van der Waals surface area contributed by atoms with Crippen molar-refractivity contribution >= 4 is 34.5 Å². The second kappa shape index (κ2) is 9.36. The molecular weight excluding hydrogens is 414 g/mol. The molecule has 0 aliphatic heterocycles. The van der Waals surface area contributed by atoms with Crippen molar-refractivity contribution < 1.29 is 18.7 Å². The number of nitrogens with one attached hydrogen (secondary N) is 2. The number of carbonyl (C=O) groups excluding carboxylic acids is 2. The first-order valence-corrected chi connectivity index (χ1v) is 10.4. The smallest absolute Gasteiger partial charge is 0.305 e. The number of ether oxygens (including phenoxy) is 1. The third-order valence-electron chi connectivity index (χ3n) is 4.49. The Morgan fingerprint density at radius 3 is 2.61 bits per heavy atom. The molecule has 8 heteroatoms. The Hall–Kier alpha value is -3.78. The topological polar surface area (TPSA) is 93.5 Å². The largest absolute Gasteiger partial charge is 0.497 e. The molecule has 0 bridgehead atoms. The van der Waals surface area contributed by atoms with Gasteiger partial charge in [-0.1, -0.05) is 42.1 Å². The molecule has 0 unspecified atom stereocenters. The number of pyridine rings is 1. The van der Waals surface area contributed by atoms with Crippen LogP contribution in [0.1, 0.15) is 10.6 Å². The van der Waals surface area contributed by atoms with E-state index in [-0.39, 0.29) is 17.4 Å². The number of carbonyl (C=O) groups is 2. The monoisotopic (exact) mass is 433 g/mol. The summed E-state index contributed by atoms with van der Waals surface area (Å²) in [5, 5.41) is 1.68. The minimum atomic E-state index is -0.523.